The van der Waals surface area contributed by atoms with Crippen LogP contribution in [0.2, 0.25) is 0 Å². The Kier molecular flexibility index (Phi) is 6.53. The molecule has 1 aliphatic heterocycles. The molecule has 1 atom stereocenters. The largest absolute Gasteiger partial charge is 0.353 e. The Bertz CT molecular complexity index is 583. The maximum Gasteiger partial charge on any atom is 0.237 e. The number of pyridine rings is 1. The van der Waals surface area contributed by atoms with Crippen LogP contribution < -0.4 is 5.32 Å². The van der Waals surface area contributed by atoms with E-state index in [0.717, 1.165) is 18.8 Å². The van der Waals surface area contributed by atoms with Gasteiger partial charge in [-0.3, -0.25) is 19.5 Å². The molecule has 2 amide bonds. The number of carbonyl (C=O) groups excluding carboxylic acids is 2. The summed E-state index contributed by atoms with van der Waals surface area (Å²) >= 11 is 0. The molecule has 138 valence electrons. The summed E-state index contributed by atoms with van der Waals surface area (Å²) in [4.78, 5) is 33.0. The van der Waals surface area contributed by atoms with Gasteiger partial charge in [0.05, 0.1) is 12.5 Å². The van der Waals surface area contributed by atoms with Crippen LogP contribution in [0.25, 0.3) is 0 Å². The molecule has 2 heterocycles. The van der Waals surface area contributed by atoms with E-state index >= 15 is 0 Å². The highest BCUT2D eigenvalue weighted by Crippen LogP contribution is 2.20. The number of hydrogen-bond acceptors (Lipinski definition) is 4. The van der Waals surface area contributed by atoms with Crippen molar-refractivity contribution in [2.45, 2.75) is 39.7 Å². The topological polar surface area (TPSA) is 65.5 Å². The zero-order valence-electron chi connectivity index (χ0n) is 15.8. The molecule has 0 aliphatic carbocycles. The molecule has 6 heteroatoms. The molecule has 1 unspecified atom stereocenters. The van der Waals surface area contributed by atoms with Gasteiger partial charge in [0.1, 0.15) is 0 Å². The smallest absolute Gasteiger partial charge is 0.237 e. The minimum atomic E-state index is -0.377. The zero-order chi connectivity index (χ0) is 18.4. The number of amides is 2. The van der Waals surface area contributed by atoms with Gasteiger partial charge in [-0.2, -0.15) is 0 Å². The van der Waals surface area contributed by atoms with E-state index < -0.39 is 0 Å². The van der Waals surface area contributed by atoms with Gasteiger partial charge >= 0.3 is 0 Å². The first-order valence-electron chi connectivity index (χ1n) is 8.92. The van der Waals surface area contributed by atoms with Crippen LogP contribution in [-0.2, 0) is 16.0 Å². The van der Waals surface area contributed by atoms with Gasteiger partial charge in [-0.25, -0.2) is 0 Å². The molecule has 0 aromatic carbocycles. The van der Waals surface area contributed by atoms with Gasteiger partial charge in [0.15, 0.2) is 0 Å². The molecule has 0 bridgehead atoms. The van der Waals surface area contributed by atoms with E-state index in [4.69, 9.17) is 0 Å². The summed E-state index contributed by atoms with van der Waals surface area (Å²) in [6, 6.07) is 5.40. The van der Waals surface area contributed by atoms with Crippen LogP contribution in [0.5, 0.6) is 0 Å². The fourth-order valence-electron chi connectivity index (χ4n) is 3.06. The van der Waals surface area contributed by atoms with E-state index in [-0.39, 0.29) is 29.7 Å². The molecule has 6 nitrogen and oxygen atoms in total. The number of nitrogens with one attached hydrogen (secondary N) is 1. The second-order valence-corrected chi connectivity index (χ2v) is 7.93. The molecule has 0 saturated carbocycles. The lowest BCUT2D eigenvalue weighted by Crippen LogP contribution is -2.58. The number of aromatic nitrogens is 1. The van der Waals surface area contributed by atoms with Gasteiger partial charge in [0.2, 0.25) is 11.8 Å². The van der Waals surface area contributed by atoms with Crippen molar-refractivity contribution in [2.24, 2.45) is 5.41 Å². The molecule has 1 saturated heterocycles. The van der Waals surface area contributed by atoms with Gasteiger partial charge in [-0.05, 0) is 17.5 Å². The van der Waals surface area contributed by atoms with Crippen molar-refractivity contribution in [3.8, 4) is 0 Å². The average molecular weight is 346 g/mol. The fraction of sp³-hybridized carbons (Fsp3) is 0.632. The molecule has 1 aromatic rings. The van der Waals surface area contributed by atoms with Crippen molar-refractivity contribution >= 4 is 11.8 Å². The number of hydrogen-bond donors (Lipinski definition) is 1. The summed E-state index contributed by atoms with van der Waals surface area (Å²) in [5.74, 6) is -0.0427. The first-order valence-corrected chi connectivity index (χ1v) is 8.92. The SMILES string of the molecule is CN(CCc1ccccn1)C(=O)CC1C(=O)NCCN1CC(C)(C)C. The summed E-state index contributed by atoms with van der Waals surface area (Å²) in [5.41, 5.74) is 1.05. The molecular formula is C19H30N4O2. The molecule has 1 N–H and O–H groups in total. The van der Waals surface area contributed by atoms with Gasteiger partial charge in [0, 0.05) is 51.5 Å². The van der Waals surface area contributed by atoms with Crippen LogP contribution in [0.4, 0.5) is 0 Å². The normalized spacial score (nSPS) is 18.7. The van der Waals surface area contributed by atoms with Crippen LogP contribution in [0.15, 0.2) is 24.4 Å². The Balaban J connectivity index is 1.92. The van der Waals surface area contributed by atoms with Crippen molar-refractivity contribution in [1.29, 1.82) is 0 Å². The first-order chi connectivity index (χ1) is 11.8. The minimum absolute atomic E-state index is 0.00288. The van der Waals surface area contributed by atoms with Gasteiger partial charge < -0.3 is 10.2 Å². The van der Waals surface area contributed by atoms with Crippen molar-refractivity contribution < 1.29 is 9.59 Å². The third-order valence-corrected chi connectivity index (χ3v) is 4.34. The summed E-state index contributed by atoms with van der Waals surface area (Å²) in [5, 5.41) is 2.89. The lowest BCUT2D eigenvalue weighted by molar-refractivity contribution is -0.138. The lowest BCUT2D eigenvalue weighted by atomic mass is 9.94. The van der Waals surface area contributed by atoms with Gasteiger partial charge in [-0.1, -0.05) is 26.8 Å². The molecule has 1 aromatic heterocycles. The quantitative estimate of drug-likeness (QED) is 0.844. The van der Waals surface area contributed by atoms with E-state index in [0.29, 0.717) is 19.5 Å². The van der Waals surface area contributed by atoms with Crippen LogP contribution in [0.1, 0.15) is 32.9 Å². The van der Waals surface area contributed by atoms with E-state index in [9.17, 15) is 9.59 Å². The van der Waals surface area contributed by atoms with Crippen LogP contribution in [-0.4, -0.2) is 65.9 Å². The standard InChI is InChI=1S/C19H30N4O2/c1-19(2,3)14-23-12-10-21-18(25)16(23)13-17(24)22(4)11-8-15-7-5-6-9-20-15/h5-7,9,16H,8,10-14H2,1-4H3,(H,21,25). The Labute approximate surface area is 150 Å². The third kappa shape index (κ3) is 6.12. The Morgan fingerprint density at radius 1 is 1.40 bits per heavy atom. The number of piperazine rings is 1. The molecule has 2 rings (SSSR count). The van der Waals surface area contributed by atoms with Crippen LogP contribution >= 0.6 is 0 Å². The molecular weight excluding hydrogens is 316 g/mol. The number of carbonyl (C=O) groups is 2. The predicted molar refractivity (Wildman–Crippen MR) is 98.0 cm³/mol. The number of likely N-dealkylation sites (N-methyl/N-ethyl adjacent to an activating group) is 1. The minimum Gasteiger partial charge on any atom is -0.353 e. The summed E-state index contributed by atoms with van der Waals surface area (Å²) in [6.07, 6.45) is 2.69. The number of nitrogens with zero attached hydrogens (tertiary/aromatic N) is 3. The Hall–Kier alpha value is -1.95. The monoisotopic (exact) mass is 346 g/mol. The summed E-state index contributed by atoms with van der Waals surface area (Å²) in [7, 11) is 1.79. The third-order valence-electron chi connectivity index (χ3n) is 4.34. The fourth-order valence-corrected chi connectivity index (χ4v) is 3.06. The molecule has 25 heavy (non-hydrogen) atoms. The van der Waals surface area contributed by atoms with Crippen LogP contribution in [0, 0.1) is 5.41 Å². The number of rotatable bonds is 6. The predicted octanol–water partition coefficient (Wildman–Crippen LogP) is 1.32. The zero-order valence-corrected chi connectivity index (χ0v) is 15.8. The summed E-state index contributed by atoms with van der Waals surface area (Å²) in [6.45, 7) is 9.29. The second kappa shape index (κ2) is 8.43. The van der Waals surface area contributed by atoms with Gasteiger partial charge in [0.25, 0.3) is 0 Å². The molecule has 0 spiro atoms. The van der Waals surface area contributed by atoms with Crippen molar-refractivity contribution in [3.05, 3.63) is 30.1 Å². The Morgan fingerprint density at radius 3 is 2.80 bits per heavy atom. The average Bonchev–Trinajstić information content (AvgIpc) is 2.55. The van der Waals surface area contributed by atoms with Crippen molar-refractivity contribution in [2.75, 3.05) is 33.2 Å². The van der Waals surface area contributed by atoms with Crippen molar-refractivity contribution in [3.63, 3.8) is 0 Å². The summed E-state index contributed by atoms with van der Waals surface area (Å²) < 4.78 is 0. The Morgan fingerprint density at radius 2 is 2.16 bits per heavy atom. The van der Waals surface area contributed by atoms with Gasteiger partial charge in [-0.15, -0.1) is 0 Å². The highest BCUT2D eigenvalue weighted by molar-refractivity contribution is 5.88. The van der Waals surface area contributed by atoms with E-state index in [1.165, 1.54) is 0 Å². The maximum absolute atomic E-state index is 12.6. The first kappa shape index (κ1) is 19.4. The van der Waals surface area contributed by atoms with Crippen molar-refractivity contribution in [1.82, 2.24) is 20.1 Å². The van der Waals surface area contributed by atoms with E-state index in [1.54, 1.807) is 18.1 Å². The second-order valence-electron chi connectivity index (χ2n) is 7.93. The van der Waals surface area contributed by atoms with E-state index in [2.05, 4.69) is 36.0 Å². The van der Waals surface area contributed by atoms with E-state index in [1.807, 2.05) is 18.2 Å². The lowest BCUT2D eigenvalue weighted by Gasteiger charge is -2.39. The van der Waals surface area contributed by atoms with Crippen LogP contribution in [0.3, 0.4) is 0 Å². The molecule has 0 radical (unpaired) electrons. The maximum atomic E-state index is 12.6. The molecule has 1 aliphatic rings. The highest BCUT2D eigenvalue weighted by Gasteiger charge is 2.34. The highest BCUT2D eigenvalue weighted by atomic mass is 16.2. The molecule has 1 fully saturated rings.